The molecule has 0 aliphatic heterocycles. The molecule has 0 aliphatic rings. The van der Waals surface area contributed by atoms with Crippen molar-refractivity contribution in [2.45, 2.75) is 38.0 Å². The lowest BCUT2D eigenvalue weighted by Gasteiger charge is -2.22. The largest absolute Gasteiger partial charge is 0.508 e. The summed E-state index contributed by atoms with van der Waals surface area (Å²) in [6.45, 7) is 6.31. The van der Waals surface area contributed by atoms with Crippen molar-refractivity contribution in [1.82, 2.24) is 15.0 Å². The Kier molecular flexibility index (Phi) is 6.32. The standard InChI is InChI=1S/C21H24F3N3O2Si/c1-30(2,3)11-10-29-19(21(22,23)24)18-13-26-20(27-18)15-6-9-17(25-12-15)14-4-7-16(28)8-5-14/h4-9,12-13,19,28H,10-11H2,1-3H3,(H,26,27). The molecule has 0 spiro atoms. The fourth-order valence-electron chi connectivity index (χ4n) is 2.80. The van der Waals surface area contributed by atoms with Gasteiger partial charge in [-0.15, -0.1) is 0 Å². The second-order valence-corrected chi connectivity index (χ2v) is 13.9. The number of imidazole rings is 1. The SMILES string of the molecule is C[Si](C)(C)CCOC(c1cnc(-c2ccc(-c3ccc(O)cc3)nc2)[nH]1)C(F)(F)F. The normalized spacial score (nSPS) is 13.4. The Balaban J connectivity index is 1.77. The van der Waals surface area contributed by atoms with Gasteiger partial charge in [0.15, 0.2) is 6.10 Å². The smallest absolute Gasteiger partial charge is 0.420 e. The van der Waals surface area contributed by atoms with Crippen LogP contribution in [0.2, 0.25) is 25.7 Å². The number of phenols is 1. The third kappa shape index (κ3) is 5.70. The Morgan fingerprint density at radius 3 is 2.23 bits per heavy atom. The second-order valence-electron chi connectivity index (χ2n) is 8.27. The molecular formula is C21H24F3N3O2Si. The Morgan fingerprint density at radius 1 is 1.00 bits per heavy atom. The van der Waals surface area contributed by atoms with E-state index in [0.717, 1.165) is 11.8 Å². The van der Waals surface area contributed by atoms with Gasteiger partial charge in [-0.2, -0.15) is 13.2 Å². The van der Waals surface area contributed by atoms with Crippen LogP contribution in [0.25, 0.3) is 22.6 Å². The van der Waals surface area contributed by atoms with E-state index in [0.29, 0.717) is 17.3 Å². The lowest BCUT2D eigenvalue weighted by Crippen LogP contribution is -2.27. The molecule has 0 fully saturated rings. The molecule has 2 aromatic heterocycles. The first-order valence-corrected chi connectivity index (χ1v) is 13.2. The highest BCUT2D eigenvalue weighted by atomic mass is 28.3. The van der Waals surface area contributed by atoms with Gasteiger partial charge >= 0.3 is 6.18 Å². The number of nitrogens with zero attached hydrogens (tertiary/aromatic N) is 2. The van der Waals surface area contributed by atoms with Crippen molar-refractivity contribution in [2.24, 2.45) is 0 Å². The van der Waals surface area contributed by atoms with Crippen molar-refractivity contribution < 1.29 is 23.0 Å². The van der Waals surface area contributed by atoms with Crippen LogP contribution in [-0.2, 0) is 4.74 Å². The van der Waals surface area contributed by atoms with Crippen LogP contribution in [0.3, 0.4) is 0 Å². The average Bonchev–Trinajstić information content (AvgIpc) is 3.14. The van der Waals surface area contributed by atoms with Gasteiger partial charge in [-0.05, 0) is 42.4 Å². The van der Waals surface area contributed by atoms with Crippen LogP contribution in [0.5, 0.6) is 5.75 Å². The number of aromatic amines is 1. The maximum Gasteiger partial charge on any atom is 0.420 e. The minimum Gasteiger partial charge on any atom is -0.508 e. The summed E-state index contributed by atoms with van der Waals surface area (Å²) < 4.78 is 45.8. The number of H-pyrrole nitrogens is 1. The molecule has 30 heavy (non-hydrogen) atoms. The van der Waals surface area contributed by atoms with Crippen molar-refractivity contribution in [2.75, 3.05) is 6.61 Å². The zero-order valence-electron chi connectivity index (χ0n) is 17.0. The van der Waals surface area contributed by atoms with Gasteiger partial charge in [0.2, 0.25) is 0 Å². The maximum absolute atomic E-state index is 13.5. The number of nitrogens with one attached hydrogen (secondary N) is 1. The number of aromatic nitrogens is 3. The van der Waals surface area contributed by atoms with E-state index in [-0.39, 0.29) is 23.9 Å². The summed E-state index contributed by atoms with van der Waals surface area (Å²) in [6, 6.07) is 10.7. The quantitative estimate of drug-likeness (QED) is 0.460. The molecular weight excluding hydrogens is 411 g/mol. The number of halogens is 3. The first kappa shape index (κ1) is 22.0. The molecule has 5 nitrogen and oxygen atoms in total. The molecule has 0 saturated carbocycles. The Labute approximate surface area is 174 Å². The van der Waals surface area contributed by atoms with E-state index in [1.165, 1.54) is 0 Å². The molecule has 9 heteroatoms. The van der Waals surface area contributed by atoms with Gasteiger partial charge in [0.1, 0.15) is 11.6 Å². The average molecular weight is 436 g/mol. The Hall–Kier alpha value is -2.65. The van der Waals surface area contributed by atoms with Crippen LogP contribution in [0.1, 0.15) is 11.8 Å². The minimum atomic E-state index is -4.54. The lowest BCUT2D eigenvalue weighted by molar-refractivity contribution is -0.223. The van der Waals surface area contributed by atoms with Crippen molar-refractivity contribution in [3.63, 3.8) is 0 Å². The molecule has 3 rings (SSSR count). The van der Waals surface area contributed by atoms with Gasteiger partial charge in [0.25, 0.3) is 0 Å². The molecule has 0 amide bonds. The highest BCUT2D eigenvalue weighted by Crippen LogP contribution is 2.36. The molecule has 1 aromatic carbocycles. The molecule has 160 valence electrons. The van der Waals surface area contributed by atoms with Crippen molar-refractivity contribution in [3.8, 4) is 28.4 Å². The number of aromatic hydroxyl groups is 1. The number of pyridine rings is 1. The van der Waals surface area contributed by atoms with Gasteiger partial charge in [-0.1, -0.05) is 19.6 Å². The zero-order valence-corrected chi connectivity index (χ0v) is 18.0. The van der Waals surface area contributed by atoms with E-state index in [1.54, 1.807) is 42.6 Å². The van der Waals surface area contributed by atoms with Crippen LogP contribution in [0.15, 0.2) is 48.8 Å². The van der Waals surface area contributed by atoms with Crippen LogP contribution >= 0.6 is 0 Å². The zero-order chi connectivity index (χ0) is 21.9. The number of hydrogen-bond donors (Lipinski definition) is 2. The number of ether oxygens (including phenoxy) is 1. The van der Waals surface area contributed by atoms with Gasteiger partial charge < -0.3 is 14.8 Å². The van der Waals surface area contributed by atoms with Crippen molar-refractivity contribution in [3.05, 3.63) is 54.5 Å². The van der Waals surface area contributed by atoms with Gasteiger partial charge in [-0.25, -0.2) is 4.98 Å². The predicted octanol–water partition coefficient (Wildman–Crippen LogP) is 5.80. The molecule has 2 N–H and O–H groups in total. The third-order valence-corrected chi connectivity index (χ3v) is 6.22. The van der Waals surface area contributed by atoms with Crippen molar-refractivity contribution in [1.29, 1.82) is 0 Å². The molecule has 3 aromatic rings. The Morgan fingerprint density at radius 2 is 1.67 bits per heavy atom. The molecule has 0 bridgehead atoms. The summed E-state index contributed by atoms with van der Waals surface area (Å²) >= 11 is 0. The third-order valence-electron chi connectivity index (χ3n) is 4.51. The van der Waals surface area contributed by atoms with E-state index in [2.05, 4.69) is 34.6 Å². The van der Waals surface area contributed by atoms with Crippen molar-refractivity contribution >= 4 is 8.07 Å². The Bertz CT molecular complexity index is 965. The number of hydrogen-bond acceptors (Lipinski definition) is 4. The summed E-state index contributed by atoms with van der Waals surface area (Å²) in [4.78, 5) is 11.2. The molecule has 1 unspecified atom stereocenters. The van der Waals surface area contributed by atoms with Gasteiger partial charge in [0.05, 0.1) is 17.6 Å². The van der Waals surface area contributed by atoms with E-state index in [9.17, 15) is 18.3 Å². The second kappa shape index (κ2) is 8.61. The van der Waals surface area contributed by atoms with E-state index < -0.39 is 20.4 Å². The van der Waals surface area contributed by atoms with Gasteiger partial charge in [-0.3, -0.25) is 4.98 Å². The maximum atomic E-state index is 13.5. The summed E-state index contributed by atoms with van der Waals surface area (Å²) in [7, 11) is -1.51. The molecule has 0 saturated heterocycles. The van der Waals surface area contributed by atoms with E-state index in [1.807, 2.05) is 0 Å². The predicted molar refractivity (Wildman–Crippen MR) is 112 cm³/mol. The lowest BCUT2D eigenvalue weighted by atomic mass is 10.1. The fraction of sp³-hybridized carbons (Fsp3) is 0.333. The number of alkyl halides is 3. The summed E-state index contributed by atoms with van der Waals surface area (Å²) in [5, 5.41) is 9.37. The van der Waals surface area contributed by atoms with E-state index in [4.69, 9.17) is 4.74 Å². The number of phenolic OH excluding ortho intramolecular Hbond substituents is 1. The first-order chi connectivity index (χ1) is 14.0. The highest BCUT2D eigenvalue weighted by molar-refractivity contribution is 6.76. The minimum absolute atomic E-state index is 0.0527. The number of rotatable bonds is 7. The van der Waals surface area contributed by atoms with Gasteiger partial charge in [0, 0.05) is 32.0 Å². The fourth-order valence-corrected chi connectivity index (χ4v) is 3.53. The molecule has 2 heterocycles. The monoisotopic (exact) mass is 435 g/mol. The van der Waals surface area contributed by atoms with Crippen LogP contribution in [0.4, 0.5) is 13.2 Å². The van der Waals surface area contributed by atoms with Crippen LogP contribution < -0.4 is 0 Å². The van der Waals surface area contributed by atoms with Crippen LogP contribution in [0, 0.1) is 0 Å². The van der Waals surface area contributed by atoms with E-state index >= 15 is 0 Å². The summed E-state index contributed by atoms with van der Waals surface area (Å²) in [5.74, 6) is 0.447. The summed E-state index contributed by atoms with van der Waals surface area (Å²) in [6.07, 6.45) is -3.88. The number of benzene rings is 1. The molecule has 0 radical (unpaired) electrons. The van der Waals surface area contributed by atoms with Crippen LogP contribution in [-0.4, -0.2) is 40.9 Å². The molecule has 1 atom stereocenters. The summed E-state index contributed by atoms with van der Waals surface area (Å²) in [5.41, 5.74) is 1.92. The first-order valence-electron chi connectivity index (χ1n) is 9.52. The molecule has 0 aliphatic carbocycles. The topological polar surface area (TPSA) is 71.0 Å². The highest BCUT2D eigenvalue weighted by Gasteiger charge is 2.43.